The van der Waals surface area contributed by atoms with Gasteiger partial charge in [0.15, 0.2) is 0 Å². The molecule has 456 valence electrons. The highest BCUT2D eigenvalue weighted by Crippen LogP contribution is 2.49. The summed E-state index contributed by atoms with van der Waals surface area (Å²) < 4.78 is 24.6. The maximum absolute atomic E-state index is 6.15. The molecule has 0 saturated heterocycles. The van der Waals surface area contributed by atoms with Crippen molar-refractivity contribution >= 4 is 43.1 Å². The van der Waals surface area contributed by atoms with Crippen LogP contribution in [0.2, 0.25) is 0 Å². The van der Waals surface area contributed by atoms with Gasteiger partial charge in [0, 0.05) is 21.5 Å². The van der Waals surface area contributed by atoms with Crippen molar-refractivity contribution in [2.24, 2.45) is 0 Å². The lowest BCUT2D eigenvalue weighted by Crippen LogP contribution is -1.94. The zero-order valence-electron chi connectivity index (χ0n) is 53.7. The minimum atomic E-state index is 0.790. The first-order valence-corrected chi connectivity index (χ1v) is 32.6. The topological polar surface area (TPSA) is 36.9 Å². The average Bonchev–Trinajstić information content (AvgIpc) is 1.41. The molecule has 0 heterocycles. The molecule has 0 fully saturated rings. The van der Waals surface area contributed by atoms with Crippen LogP contribution in [0.3, 0.4) is 0 Å². The summed E-state index contributed by atoms with van der Waals surface area (Å²) in [5, 5.41) is 8.88. The molecule has 42 rings (SSSR count). The largest absolute Gasteiger partial charge is 0.496 e. The lowest BCUT2D eigenvalue weighted by molar-refractivity contribution is 0.410. The van der Waals surface area contributed by atoms with Gasteiger partial charge in [-0.3, -0.25) is 0 Å². The Labute approximate surface area is 559 Å². The maximum Gasteiger partial charge on any atom is 0.127 e. The molecule has 16 aromatic rings. The fourth-order valence-corrected chi connectivity index (χ4v) is 14.9. The summed E-state index contributed by atoms with van der Waals surface area (Å²) in [6.07, 6.45) is 0. The number of ether oxygens (including phenoxy) is 4. The molecular weight excluding hydrogens is 1170 g/mol. The fourth-order valence-electron chi connectivity index (χ4n) is 14.9. The third-order valence-corrected chi connectivity index (χ3v) is 19.8. The van der Waals surface area contributed by atoms with E-state index in [-0.39, 0.29) is 0 Å². The van der Waals surface area contributed by atoms with Gasteiger partial charge < -0.3 is 18.9 Å². The average molecular weight is 1230 g/mol. The molecule has 0 amide bonds. The van der Waals surface area contributed by atoms with Crippen molar-refractivity contribution in [1.29, 1.82) is 0 Å². The second-order valence-electron chi connectivity index (χ2n) is 24.8. The van der Waals surface area contributed by atoms with E-state index in [4.69, 9.17) is 18.9 Å². The molecule has 0 saturated carbocycles. The summed E-state index contributed by atoms with van der Waals surface area (Å²) in [4.78, 5) is 0. The Morgan fingerprint density at radius 2 is 0.271 bits per heavy atom. The maximum atomic E-state index is 6.15. The van der Waals surface area contributed by atoms with Crippen LogP contribution in [0.15, 0.2) is 315 Å². The quantitative estimate of drug-likeness (QED) is 0.176. The van der Waals surface area contributed by atoms with E-state index in [9.17, 15) is 0 Å². The van der Waals surface area contributed by atoms with Gasteiger partial charge in [-0.1, -0.05) is 291 Å². The number of hydrogen-bond donors (Lipinski definition) is 0. The van der Waals surface area contributed by atoms with Crippen molar-refractivity contribution in [2.75, 3.05) is 28.4 Å². The van der Waals surface area contributed by atoms with Gasteiger partial charge in [0.2, 0.25) is 0 Å². The van der Waals surface area contributed by atoms with Crippen molar-refractivity contribution < 1.29 is 18.9 Å². The predicted octanol–water partition coefficient (Wildman–Crippen LogP) is 24.7. The molecule has 0 aliphatic heterocycles. The van der Waals surface area contributed by atoms with E-state index in [2.05, 4.69) is 291 Å². The van der Waals surface area contributed by atoms with Crippen LogP contribution >= 0.6 is 0 Å². The van der Waals surface area contributed by atoms with E-state index in [1.54, 1.807) is 28.4 Å². The zero-order valence-corrected chi connectivity index (χ0v) is 53.7. The summed E-state index contributed by atoms with van der Waals surface area (Å²) in [5.41, 5.74) is 27.3. The highest BCUT2D eigenvalue weighted by atomic mass is 16.5. The van der Waals surface area contributed by atoms with Crippen LogP contribution in [-0.4, -0.2) is 28.4 Å². The third kappa shape index (κ3) is 9.93. The monoisotopic (exact) mass is 1230 g/mol. The number of hydrogen-bond acceptors (Lipinski definition) is 4. The van der Waals surface area contributed by atoms with Gasteiger partial charge in [-0.15, -0.1) is 0 Å². The minimum Gasteiger partial charge on any atom is -0.496 e. The smallest absolute Gasteiger partial charge is 0.127 e. The molecule has 0 atom stereocenters. The van der Waals surface area contributed by atoms with Gasteiger partial charge in [-0.25, -0.2) is 0 Å². The third-order valence-electron chi connectivity index (χ3n) is 19.8. The van der Waals surface area contributed by atoms with Crippen molar-refractivity contribution in [3.05, 3.63) is 315 Å². The van der Waals surface area contributed by atoms with E-state index >= 15 is 0 Å². The molecule has 4 nitrogen and oxygen atoms in total. The second kappa shape index (κ2) is 24.0. The number of methoxy groups -OCH3 is 4. The standard InChI is InChI=1S/C92H64O4/c1-93-85-53-54-86(94-2)90-78-50-49-77(89(85)90)69-37-21-61(22-38-69)57-13-29-65(30-14-57)73-45-46-75(83-11-6-5-9-81(73)83)67-33-17-59(18-34-67)63-25-41-71(42-26-63)79-51-52-80(92-88(96-4)56-55-87(95-3)91(79)92)72-43-27-64(28-44-72)60-19-35-68(36-20-60)76-48-47-74(82-10-7-8-12-84(76)82)66-31-15-58(16-32-66)62-23-39-70(78)40-24-62/h5-56H,1-4H3. The Bertz CT molecular complexity index is 4950. The Kier molecular flexibility index (Phi) is 14.4. The van der Waals surface area contributed by atoms with E-state index in [0.717, 1.165) is 134 Å². The molecule has 0 radical (unpaired) electrons. The van der Waals surface area contributed by atoms with Crippen LogP contribution in [-0.2, 0) is 0 Å². The van der Waals surface area contributed by atoms with Gasteiger partial charge in [0.25, 0.3) is 0 Å². The SMILES string of the molecule is COc1ccc(OC)c2c3ccc(c12)-c1ccc(cc1)-c1ccc(cc1)-c1ccc(c2ccccc12)-c1ccc(cc1)-c1ccc(cc1)-c1ccc(c2c(OC)ccc(OC)c12)-c1ccc(cc1)-c1ccc(cc1)-c1ccc(c2ccccc12)-c1ccc(cc1)-c1ccc-3cc1. The lowest BCUT2D eigenvalue weighted by atomic mass is 9.89. The molecule has 0 N–H and O–H groups in total. The Hall–Kier alpha value is -12.2. The summed E-state index contributed by atoms with van der Waals surface area (Å²) in [6, 6.07) is 115. The number of fused-ring (bicyclic) bond motifs is 3. The summed E-state index contributed by atoms with van der Waals surface area (Å²) in [7, 11) is 6.99. The first-order chi connectivity index (χ1) is 47.4. The molecular formula is C92H64O4. The first-order valence-electron chi connectivity index (χ1n) is 32.6. The van der Waals surface area contributed by atoms with Gasteiger partial charge in [-0.2, -0.15) is 0 Å². The highest BCUT2D eigenvalue weighted by molar-refractivity contribution is 6.13. The van der Waals surface area contributed by atoms with Crippen molar-refractivity contribution in [3.8, 4) is 157 Å². The Morgan fingerprint density at radius 3 is 0.427 bits per heavy atom. The van der Waals surface area contributed by atoms with Gasteiger partial charge in [0.05, 0.1) is 28.4 Å². The molecule has 4 heteroatoms. The summed E-state index contributed by atoms with van der Waals surface area (Å²) in [5.74, 6) is 3.16. The molecule has 0 spiro atoms. The molecule has 26 aliphatic rings. The predicted molar refractivity (Wildman–Crippen MR) is 401 cm³/mol. The molecule has 26 aliphatic carbocycles. The van der Waals surface area contributed by atoms with Gasteiger partial charge >= 0.3 is 0 Å². The van der Waals surface area contributed by atoms with Crippen molar-refractivity contribution in [1.82, 2.24) is 0 Å². The fraction of sp³-hybridized carbons (Fsp3) is 0.0435. The van der Waals surface area contributed by atoms with Gasteiger partial charge in [0.1, 0.15) is 23.0 Å². The number of benzene rings is 16. The van der Waals surface area contributed by atoms with Crippen LogP contribution in [0.1, 0.15) is 0 Å². The van der Waals surface area contributed by atoms with E-state index < -0.39 is 0 Å². The minimum absolute atomic E-state index is 0.790. The Morgan fingerprint density at radius 1 is 0.135 bits per heavy atom. The van der Waals surface area contributed by atoms with Gasteiger partial charge in [-0.05, 0) is 179 Å². The second-order valence-corrected chi connectivity index (χ2v) is 24.8. The summed E-state index contributed by atoms with van der Waals surface area (Å²) >= 11 is 0. The first kappa shape index (κ1) is 57.6. The van der Waals surface area contributed by atoms with E-state index in [0.29, 0.717) is 0 Å². The van der Waals surface area contributed by atoms with Crippen LogP contribution in [0.4, 0.5) is 0 Å². The van der Waals surface area contributed by atoms with Crippen LogP contribution in [0, 0.1) is 0 Å². The Balaban J connectivity index is 0.757. The molecule has 96 heavy (non-hydrogen) atoms. The van der Waals surface area contributed by atoms with Crippen LogP contribution in [0.25, 0.3) is 177 Å². The molecule has 0 aromatic heterocycles. The normalized spacial score (nSPS) is 11.5. The molecule has 0 unspecified atom stereocenters. The van der Waals surface area contributed by atoms with Crippen molar-refractivity contribution in [2.45, 2.75) is 0 Å². The molecule has 24 bridgehead atoms. The zero-order chi connectivity index (χ0) is 64.4. The lowest BCUT2D eigenvalue weighted by Gasteiger charge is -2.18. The van der Waals surface area contributed by atoms with Crippen LogP contribution in [0.5, 0.6) is 23.0 Å². The number of rotatable bonds is 4. The van der Waals surface area contributed by atoms with Crippen LogP contribution < -0.4 is 18.9 Å². The van der Waals surface area contributed by atoms with Crippen molar-refractivity contribution in [3.63, 3.8) is 0 Å². The van der Waals surface area contributed by atoms with E-state index in [1.165, 1.54) is 66.1 Å². The summed E-state index contributed by atoms with van der Waals surface area (Å²) in [6.45, 7) is 0. The van der Waals surface area contributed by atoms with E-state index in [1.807, 2.05) is 24.3 Å². The highest BCUT2D eigenvalue weighted by Gasteiger charge is 2.22. The molecule has 16 aromatic carbocycles.